The molecule has 0 radical (unpaired) electrons. The number of hydrogen-bond donors (Lipinski definition) is 2. The molecule has 0 aromatic heterocycles. The summed E-state index contributed by atoms with van der Waals surface area (Å²) < 4.78 is 0. The van der Waals surface area contributed by atoms with Crippen molar-refractivity contribution in [2.24, 2.45) is 0 Å². The van der Waals surface area contributed by atoms with Crippen molar-refractivity contribution in [1.82, 2.24) is 5.32 Å². The largest absolute Gasteiger partial charge is 0.380 e. The van der Waals surface area contributed by atoms with Crippen LogP contribution in [0.4, 0.5) is 5.69 Å². The predicted molar refractivity (Wildman–Crippen MR) is 58.6 cm³/mol. The highest BCUT2D eigenvalue weighted by atomic mass is 15.1. The van der Waals surface area contributed by atoms with E-state index in [-0.39, 0.29) is 0 Å². The Hall–Kier alpha value is -1.02. The molecule has 1 fully saturated rings. The molecule has 1 saturated heterocycles. The quantitative estimate of drug-likeness (QED) is 0.702. The average molecular weight is 188 g/mol. The number of nitrogens with one attached hydrogen (secondary N) is 2. The molecule has 74 valence electrons. The predicted octanol–water partition coefficient (Wildman–Crippen LogP) is 1.78. The summed E-state index contributed by atoms with van der Waals surface area (Å²) in [7, 11) is 0. The van der Waals surface area contributed by atoms with Gasteiger partial charge in [-0.1, -0.05) is 18.2 Å². The molecule has 2 unspecified atom stereocenters. The van der Waals surface area contributed by atoms with Crippen molar-refractivity contribution >= 4 is 5.69 Å². The van der Waals surface area contributed by atoms with Crippen LogP contribution in [0.15, 0.2) is 24.3 Å². The summed E-state index contributed by atoms with van der Waals surface area (Å²) in [5.74, 6) is 0. The van der Waals surface area contributed by atoms with Gasteiger partial charge < -0.3 is 10.6 Å². The molecule has 0 spiro atoms. The Balaban J connectivity index is 1.77. The number of anilines is 1. The van der Waals surface area contributed by atoms with Crippen LogP contribution in [-0.4, -0.2) is 18.6 Å². The summed E-state index contributed by atoms with van der Waals surface area (Å²) in [6.45, 7) is 1.19. The van der Waals surface area contributed by atoms with Gasteiger partial charge >= 0.3 is 0 Å². The molecule has 1 aromatic rings. The smallest absolute Gasteiger partial charge is 0.0455 e. The van der Waals surface area contributed by atoms with E-state index in [1.54, 1.807) is 0 Å². The zero-order valence-electron chi connectivity index (χ0n) is 8.29. The first kappa shape index (κ1) is 8.30. The van der Waals surface area contributed by atoms with Gasteiger partial charge in [-0.25, -0.2) is 0 Å². The van der Waals surface area contributed by atoms with E-state index in [0.717, 1.165) is 0 Å². The molecule has 0 aliphatic carbocycles. The maximum atomic E-state index is 3.61. The Morgan fingerprint density at radius 3 is 2.86 bits per heavy atom. The minimum Gasteiger partial charge on any atom is -0.380 e. The average Bonchev–Trinajstić information content (AvgIpc) is 2.86. The first-order chi connectivity index (χ1) is 6.93. The SMILES string of the molecule is c1ccc2c(c1)CC(C1CCCN1)N2. The van der Waals surface area contributed by atoms with E-state index in [2.05, 4.69) is 34.9 Å². The zero-order valence-corrected chi connectivity index (χ0v) is 8.29. The Kier molecular flexibility index (Phi) is 1.95. The van der Waals surface area contributed by atoms with Gasteiger partial charge in [0.2, 0.25) is 0 Å². The Morgan fingerprint density at radius 2 is 2.07 bits per heavy atom. The fourth-order valence-electron chi connectivity index (χ4n) is 2.62. The second kappa shape index (κ2) is 3.28. The van der Waals surface area contributed by atoms with E-state index in [1.807, 2.05) is 0 Å². The van der Waals surface area contributed by atoms with Crippen LogP contribution in [0.25, 0.3) is 0 Å². The highest BCUT2D eigenvalue weighted by molar-refractivity contribution is 5.57. The molecular weight excluding hydrogens is 172 g/mol. The van der Waals surface area contributed by atoms with E-state index in [9.17, 15) is 0 Å². The standard InChI is InChI=1S/C12H16N2/c1-2-5-10-9(4-1)8-12(14-10)11-6-3-7-13-11/h1-2,4-5,11-14H,3,6-8H2. The number of rotatable bonds is 1. The molecule has 2 aliphatic heterocycles. The van der Waals surface area contributed by atoms with Gasteiger partial charge in [0.15, 0.2) is 0 Å². The van der Waals surface area contributed by atoms with Crippen LogP contribution in [0.1, 0.15) is 18.4 Å². The monoisotopic (exact) mass is 188 g/mol. The fourth-order valence-corrected chi connectivity index (χ4v) is 2.62. The third-order valence-electron chi connectivity index (χ3n) is 3.38. The van der Waals surface area contributed by atoms with Crippen molar-refractivity contribution in [3.63, 3.8) is 0 Å². The summed E-state index contributed by atoms with van der Waals surface area (Å²) >= 11 is 0. The zero-order chi connectivity index (χ0) is 9.38. The van der Waals surface area contributed by atoms with E-state index in [0.29, 0.717) is 12.1 Å². The molecule has 0 bridgehead atoms. The summed E-state index contributed by atoms with van der Waals surface area (Å²) in [5, 5.41) is 7.18. The van der Waals surface area contributed by atoms with Gasteiger partial charge in [-0.15, -0.1) is 0 Å². The molecule has 0 amide bonds. The van der Waals surface area contributed by atoms with Crippen molar-refractivity contribution in [2.45, 2.75) is 31.3 Å². The van der Waals surface area contributed by atoms with Gasteiger partial charge in [0.05, 0.1) is 0 Å². The third kappa shape index (κ3) is 1.30. The molecule has 2 heterocycles. The highest BCUT2D eigenvalue weighted by Crippen LogP contribution is 2.28. The van der Waals surface area contributed by atoms with Crippen LogP contribution < -0.4 is 10.6 Å². The molecule has 2 N–H and O–H groups in total. The first-order valence-electron chi connectivity index (χ1n) is 5.51. The van der Waals surface area contributed by atoms with Crippen molar-refractivity contribution in [3.8, 4) is 0 Å². The van der Waals surface area contributed by atoms with Crippen LogP contribution in [0.5, 0.6) is 0 Å². The number of benzene rings is 1. The molecule has 1 aromatic carbocycles. The topological polar surface area (TPSA) is 24.1 Å². The van der Waals surface area contributed by atoms with Gasteiger partial charge in [0.1, 0.15) is 0 Å². The van der Waals surface area contributed by atoms with Crippen LogP contribution >= 0.6 is 0 Å². The van der Waals surface area contributed by atoms with Crippen molar-refractivity contribution in [3.05, 3.63) is 29.8 Å². The Bertz CT molecular complexity index is 304. The second-order valence-electron chi connectivity index (χ2n) is 4.31. The lowest BCUT2D eigenvalue weighted by molar-refractivity contribution is 0.521. The molecule has 3 rings (SSSR count). The van der Waals surface area contributed by atoms with Crippen molar-refractivity contribution in [1.29, 1.82) is 0 Å². The third-order valence-corrected chi connectivity index (χ3v) is 3.38. The highest BCUT2D eigenvalue weighted by Gasteiger charge is 2.29. The molecule has 2 atom stereocenters. The maximum Gasteiger partial charge on any atom is 0.0455 e. The molecular formula is C12H16N2. The van der Waals surface area contributed by atoms with Crippen LogP contribution in [0.2, 0.25) is 0 Å². The lowest BCUT2D eigenvalue weighted by atomic mass is 10.0. The first-order valence-corrected chi connectivity index (χ1v) is 5.51. The molecule has 0 saturated carbocycles. The molecule has 2 heteroatoms. The van der Waals surface area contributed by atoms with Crippen LogP contribution in [0, 0.1) is 0 Å². The van der Waals surface area contributed by atoms with Gasteiger partial charge in [-0.3, -0.25) is 0 Å². The second-order valence-corrected chi connectivity index (χ2v) is 4.31. The molecule has 2 nitrogen and oxygen atoms in total. The van der Waals surface area contributed by atoms with E-state index in [4.69, 9.17) is 0 Å². The lowest BCUT2D eigenvalue weighted by Gasteiger charge is -2.19. The van der Waals surface area contributed by atoms with Crippen LogP contribution in [-0.2, 0) is 6.42 Å². The van der Waals surface area contributed by atoms with Crippen molar-refractivity contribution < 1.29 is 0 Å². The summed E-state index contributed by atoms with van der Waals surface area (Å²) in [5.41, 5.74) is 2.82. The number of hydrogen-bond acceptors (Lipinski definition) is 2. The summed E-state index contributed by atoms with van der Waals surface area (Å²) in [6, 6.07) is 9.96. The maximum absolute atomic E-state index is 3.61. The Labute approximate surface area is 84.7 Å². The normalized spacial score (nSPS) is 30.0. The van der Waals surface area contributed by atoms with E-state index < -0.39 is 0 Å². The lowest BCUT2D eigenvalue weighted by Crippen LogP contribution is -2.38. The molecule has 2 aliphatic rings. The van der Waals surface area contributed by atoms with Gasteiger partial charge in [0, 0.05) is 17.8 Å². The minimum atomic E-state index is 0.620. The molecule has 14 heavy (non-hydrogen) atoms. The number of fused-ring (bicyclic) bond motifs is 1. The minimum absolute atomic E-state index is 0.620. The van der Waals surface area contributed by atoms with Gasteiger partial charge in [-0.2, -0.15) is 0 Å². The Morgan fingerprint density at radius 1 is 1.14 bits per heavy atom. The van der Waals surface area contributed by atoms with Gasteiger partial charge in [0.25, 0.3) is 0 Å². The number of para-hydroxylation sites is 1. The van der Waals surface area contributed by atoms with E-state index in [1.165, 1.54) is 37.1 Å². The fraction of sp³-hybridized carbons (Fsp3) is 0.500. The summed E-state index contributed by atoms with van der Waals surface area (Å²) in [4.78, 5) is 0. The van der Waals surface area contributed by atoms with Gasteiger partial charge in [-0.05, 0) is 37.4 Å². The van der Waals surface area contributed by atoms with Crippen LogP contribution in [0.3, 0.4) is 0 Å². The van der Waals surface area contributed by atoms with Crippen molar-refractivity contribution in [2.75, 3.05) is 11.9 Å². The van der Waals surface area contributed by atoms with E-state index >= 15 is 0 Å². The summed E-state index contributed by atoms with van der Waals surface area (Å²) in [6.07, 6.45) is 3.85.